The van der Waals surface area contributed by atoms with Crippen LogP contribution in [0.3, 0.4) is 0 Å². The minimum Gasteiger partial charge on any atom is -0.324 e. The average Bonchev–Trinajstić information content (AvgIpc) is 2.45. The highest BCUT2D eigenvalue weighted by molar-refractivity contribution is 9.10. The molecule has 3 nitrogen and oxygen atoms in total. The van der Waals surface area contributed by atoms with E-state index in [2.05, 4.69) is 21.2 Å². The first-order valence-electron chi connectivity index (χ1n) is 5.82. The molecule has 0 fully saturated rings. The molecule has 2 rings (SSSR count). The van der Waals surface area contributed by atoms with E-state index in [9.17, 15) is 10.1 Å². The summed E-state index contributed by atoms with van der Waals surface area (Å²) in [5.74, 6) is -1.25. The van der Waals surface area contributed by atoms with E-state index < -0.39 is 5.92 Å². The van der Waals surface area contributed by atoms with Crippen molar-refractivity contribution in [1.29, 1.82) is 5.26 Å². The van der Waals surface area contributed by atoms with Crippen LogP contribution in [0.2, 0.25) is 5.02 Å². The Hall–Kier alpha value is -1.83. The van der Waals surface area contributed by atoms with Crippen LogP contribution in [0.25, 0.3) is 0 Å². The van der Waals surface area contributed by atoms with Gasteiger partial charge in [-0.15, -0.1) is 0 Å². The molecule has 1 N–H and O–H groups in total. The molecule has 0 aliphatic rings. The van der Waals surface area contributed by atoms with Crippen molar-refractivity contribution in [3.8, 4) is 6.07 Å². The van der Waals surface area contributed by atoms with Crippen molar-refractivity contribution >= 4 is 39.1 Å². The Kier molecular flexibility index (Phi) is 4.78. The van der Waals surface area contributed by atoms with E-state index in [1.165, 1.54) is 0 Å². The minimum absolute atomic E-state index is 0.387. The number of carbonyl (C=O) groups excluding carboxylic acids is 1. The summed E-state index contributed by atoms with van der Waals surface area (Å²) in [6.07, 6.45) is 0. The zero-order valence-electron chi connectivity index (χ0n) is 10.3. The number of nitrogens with zero attached hydrogens (tertiary/aromatic N) is 1. The first-order valence-corrected chi connectivity index (χ1v) is 6.99. The molecule has 0 saturated carbocycles. The second kappa shape index (κ2) is 6.56. The SMILES string of the molecule is N#CC(C(=O)Nc1cc(Cl)ccc1Br)c1ccccc1. The molecule has 2 aromatic rings. The van der Waals surface area contributed by atoms with Gasteiger partial charge in [0.1, 0.15) is 0 Å². The van der Waals surface area contributed by atoms with E-state index in [1.807, 2.05) is 12.1 Å². The lowest BCUT2D eigenvalue weighted by Gasteiger charge is -2.12. The molecule has 5 heteroatoms. The highest BCUT2D eigenvalue weighted by Crippen LogP contribution is 2.27. The van der Waals surface area contributed by atoms with Crippen LogP contribution < -0.4 is 5.32 Å². The largest absolute Gasteiger partial charge is 0.324 e. The average molecular weight is 350 g/mol. The molecule has 1 atom stereocenters. The highest BCUT2D eigenvalue weighted by Gasteiger charge is 2.20. The Balaban J connectivity index is 2.23. The van der Waals surface area contributed by atoms with Gasteiger partial charge in [-0.3, -0.25) is 4.79 Å². The fourth-order valence-electron chi connectivity index (χ4n) is 1.73. The van der Waals surface area contributed by atoms with E-state index in [0.717, 1.165) is 0 Å². The van der Waals surface area contributed by atoms with E-state index in [4.69, 9.17) is 11.6 Å². The molecule has 0 radical (unpaired) electrons. The summed E-state index contributed by atoms with van der Waals surface area (Å²) in [6, 6.07) is 16.0. The van der Waals surface area contributed by atoms with Crippen molar-refractivity contribution in [2.24, 2.45) is 0 Å². The molecular formula is C15H10BrClN2O. The van der Waals surface area contributed by atoms with Gasteiger partial charge < -0.3 is 5.32 Å². The molecule has 0 aromatic heterocycles. The summed E-state index contributed by atoms with van der Waals surface area (Å²) in [6.45, 7) is 0. The van der Waals surface area contributed by atoms with Crippen LogP contribution in [0.15, 0.2) is 53.0 Å². The third kappa shape index (κ3) is 3.38. The molecule has 0 heterocycles. The second-order valence-electron chi connectivity index (χ2n) is 4.09. The van der Waals surface area contributed by atoms with Gasteiger partial charge in [-0.2, -0.15) is 5.26 Å². The zero-order chi connectivity index (χ0) is 14.5. The zero-order valence-corrected chi connectivity index (χ0v) is 12.6. The Morgan fingerprint density at radius 3 is 2.60 bits per heavy atom. The van der Waals surface area contributed by atoms with Gasteiger partial charge >= 0.3 is 0 Å². The fraction of sp³-hybridized carbons (Fsp3) is 0.0667. The molecule has 0 aliphatic carbocycles. The van der Waals surface area contributed by atoms with Crippen molar-refractivity contribution < 1.29 is 4.79 Å². The topological polar surface area (TPSA) is 52.9 Å². The maximum absolute atomic E-state index is 12.2. The van der Waals surface area contributed by atoms with Crippen LogP contribution in [0.1, 0.15) is 11.5 Å². The Labute approximate surface area is 130 Å². The van der Waals surface area contributed by atoms with Crippen LogP contribution in [0.4, 0.5) is 5.69 Å². The lowest BCUT2D eigenvalue weighted by molar-refractivity contribution is -0.116. The summed E-state index contributed by atoms with van der Waals surface area (Å²) >= 11 is 9.22. The quantitative estimate of drug-likeness (QED) is 0.895. The normalized spacial score (nSPS) is 11.4. The maximum Gasteiger partial charge on any atom is 0.246 e. The number of amides is 1. The first kappa shape index (κ1) is 14.6. The highest BCUT2D eigenvalue weighted by atomic mass is 79.9. The molecule has 0 aliphatic heterocycles. The lowest BCUT2D eigenvalue weighted by Crippen LogP contribution is -2.20. The van der Waals surface area contributed by atoms with E-state index >= 15 is 0 Å². The number of halogens is 2. The van der Waals surface area contributed by atoms with Gasteiger partial charge in [-0.05, 0) is 39.7 Å². The summed E-state index contributed by atoms with van der Waals surface area (Å²) in [7, 11) is 0. The fourth-order valence-corrected chi connectivity index (χ4v) is 2.25. The van der Waals surface area contributed by atoms with Gasteiger partial charge in [0.2, 0.25) is 5.91 Å². The Morgan fingerprint density at radius 1 is 1.25 bits per heavy atom. The lowest BCUT2D eigenvalue weighted by atomic mass is 10.00. The number of benzene rings is 2. The smallest absolute Gasteiger partial charge is 0.246 e. The number of rotatable bonds is 3. The number of nitriles is 1. The van der Waals surface area contributed by atoms with Gasteiger partial charge in [0.15, 0.2) is 5.92 Å². The molecule has 20 heavy (non-hydrogen) atoms. The van der Waals surface area contributed by atoms with Crippen LogP contribution >= 0.6 is 27.5 Å². The van der Waals surface area contributed by atoms with Gasteiger partial charge in [0, 0.05) is 9.50 Å². The van der Waals surface area contributed by atoms with Crippen molar-refractivity contribution in [3.63, 3.8) is 0 Å². The van der Waals surface area contributed by atoms with Gasteiger partial charge in [-0.1, -0.05) is 41.9 Å². The number of anilines is 1. The second-order valence-corrected chi connectivity index (χ2v) is 5.38. The van der Waals surface area contributed by atoms with Gasteiger partial charge in [0.25, 0.3) is 0 Å². The molecule has 0 bridgehead atoms. The predicted molar refractivity (Wildman–Crippen MR) is 82.6 cm³/mol. The van der Waals surface area contributed by atoms with Crippen LogP contribution in [0, 0.1) is 11.3 Å². The summed E-state index contributed by atoms with van der Waals surface area (Å²) in [4.78, 5) is 12.2. The van der Waals surface area contributed by atoms with Crippen molar-refractivity contribution in [1.82, 2.24) is 0 Å². The summed E-state index contributed by atoms with van der Waals surface area (Å²) in [5, 5.41) is 12.4. The Morgan fingerprint density at radius 2 is 1.95 bits per heavy atom. The molecule has 1 unspecified atom stereocenters. The number of nitrogens with one attached hydrogen (secondary N) is 1. The van der Waals surface area contributed by atoms with Crippen molar-refractivity contribution in [3.05, 3.63) is 63.6 Å². The van der Waals surface area contributed by atoms with Crippen LogP contribution in [0.5, 0.6) is 0 Å². The summed E-state index contributed by atoms with van der Waals surface area (Å²) in [5.41, 5.74) is 1.20. The van der Waals surface area contributed by atoms with Gasteiger partial charge in [0.05, 0.1) is 11.8 Å². The van der Waals surface area contributed by atoms with E-state index in [0.29, 0.717) is 20.7 Å². The maximum atomic E-state index is 12.2. The molecule has 0 saturated heterocycles. The number of carbonyl (C=O) groups is 1. The van der Waals surface area contributed by atoms with Crippen LogP contribution in [-0.4, -0.2) is 5.91 Å². The molecule has 1 amide bonds. The predicted octanol–water partition coefficient (Wildman–Crippen LogP) is 4.35. The minimum atomic E-state index is -0.859. The third-order valence-electron chi connectivity index (χ3n) is 2.71. The molecular weight excluding hydrogens is 340 g/mol. The van der Waals surface area contributed by atoms with Gasteiger partial charge in [-0.25, -0.2) is 0 Å². The van der Waals surface area contributed by atoms with Crippen molar-refractivity contribution in [2.75, 3.05) is 5.32 Å². The first-order chi connectivity index (χ1) is 9.61. The standard InChI is InChI=1S/C15H10BrClN2O/c16-13-7-6-11(17)8-14(13)19-15(20)12(9-18)10-4-2-1-3-5-10/h1-8,12H,(H,19,20). The summed E-state index contributed by atoms with van der Waals surface area (Å²) < 4.78 is 0.708. The number of hydrogen-bond donors (Lipinski definition) is 1. The van der Waals surface area contributed by atoms with E-state index in [1.54, 1.807) is 42.5 Å². The third-order valence-corrected chi connectivity index (χ3v) is 3.64. The number of hydrogen-bond acceptors (Lipinski definition) is 2. The van der Waals surface area contributed by atoms with E-state index in [-0.39, 0.29) is 5.91 Å². The molecule has 0 spiro atoms. The van der Waals surface area contributed by atoms with Crippen LogP contribution in [-0.2, 0) is 4.79 Å². The molecule has 2 aromatic carbocycles. The van der Waals surface area contributed by atoms with Crippen molar-refractivity contribution in [2.45, 2.75) is 5.92 Å². The Bertz CT molecular complexity index is 667. The monoisotopic (exact) mass is 348 g/mol. The molecule has 100 valence electrons.